The number of methoxy groups -OCH3 is 1. The van der Waals surface area contributed by atoms with Crippen LogP contribution in [0.4, 0.5) is 0 Å². The Morgan fingerprint density at radius 2 is 2.37 bits per heavy atom. The van der Waals surface area contributed by atoms with Crippen molar-refractivity contribution in [1.29, 1.82) is 5.26 Å². The number of hydrogen-bond donors (Lipinski definition) is 1. The number of rotatable bonds is 6. The molecule has 0 aliphatic rings. The lowest BCUT2D eigenvalue weighted by atomic mass is 10.1. The van der Waals surface area contributed by atoms with Gasteiger partial charge in [0, 0.05) is 32.6 Å². The fourth-order valence-corrected chi connectivity index (χ4v) is 1.80. The van der Waals surface area contributed by atoms with Crippen LogP contribution in [0.5, 0.6) is 0 Å². The minimum Gasteiger partial charge on any atom is -0.383 e. The van der Waals surface area contributed by atoms with E-state index in [4.69, 9.17) is 4.74 Å². The molecule has 0 amide bonds. The summed E-state index contributed by atoms with van der Waals surface area (Å²) in [6, 6.07) is 9.85. The summed E-state index contributed by atoms with van der Waals surface area (Å²) in [7, 11) is 1.67. The molecule has 1 aromatic carbocycles. The Morgan fingerprint density at radius 3 is 3.05 bits per heavy atom. The highest BCUT2D eigenvalue weighted by atomic mass is 16.5. The Hall–Kier alpha value is -2.16. The summed E-state index contributed by atoms with van der Waals surface area (Å²) in [5.41, 5.74) is 2.49. The summed E-state index contributed by atoms with van der Waals surface area (Å²) in [4.78, 5) is 0. The predicted octanol–water partition coefficient (Wildman–Crippen LogP) is 1.48. The topological polar surface area (TPSA) is 62.9 Å². The van der Waals surface area contributed by atoms with Crippen molar-refractivity contribution in [2.75, 3.05) is 20.3 Å². The molecule has 1 aromatic heterocycles. The van der Waals surface area contributed by atoms with E-state index in [0.29, 0.717) is 12.2 Å². The molecular formula is C14H16N4O. The summed E-state index contributed by atoms with van der Waals surface area (Å²) in [6.45, 7) is 2.19. The number of aromatic nitrogens is 2. The average molecular weight is 256 g/mol. The molecule has 98 valence electrons. The first-order chi connectivity index (χ1) is 9.35. The molecule has 19 heavy (non-hydrogen) atoms. The van der Waals surface area contributed by atoms with Gasteiger partial charge in [0.05, 0.1) is 17.9 Å². The maximum Gasteiger partial charge on any atom is 0.101 e. The van der Waals surface area contributed by atoms with Crippen molar-refractivity contribution in [2.45, 2.75) is 6.54 Å². The second-order valence-electron chi connectivity index (χ2n) is 4.08. The van der Waals surface area contributed by atoms with Crippen molar-refractivity contribution >= 4 is 0 Å². The Labute approximate surface area is 112 Å². The van der Waals surface area contributed by atoms with Gasteiger partial charge in [0.15, 0.2) is 0 Å². The van der Waals surface area contributed by atoms with E-state index in [2.05, 4.69) is 16.5 Å². The minimum absolute atomic E-state index is 0.620. The summed E-state index contributed by atoms with van der Waals surface area (Å²) >= 11 is 0. The fraction of sp³-hybridized carbons (Fsp3) is 0.286. The quantitative estimate of drug-likeness (QED) is 0.795. The molecule has 2 aromatic rings. The smallest absolute Gasteiger partial charge is 0.101 e. The van der Waals surface area contributed by atoms with E-state index in [0.717, 1.165) is 24.3 Å². The van der Waals surface area contributed by atoms with Crippen LogP contribution in [-0.2, 0) is 11.3 Å². The van der Waals surface area contributed by atoms with Gasteiger partial charge >= 0.3 is 0 Å². The molecule has 0 fully saturated rings. The molecule has 0 aliphatic carbocycles. The zero-order valence-corrected chi connectivity index (χ0v) is 10.8. The Bertz CT molecular complexity index is 557. The number of ether oxygens (including phenoxy) is 1. The van der Waals surface area contributed by atoms with Gasteiger partial charge in [0.1, 0.15) is 6.07 Å². The first-order valence-electron chi connectivity index (χ1n) is 6.08. The van der Waals surface area contributed by atoms with Crippen molar-refractivity contribution in [3.8, 4) is 11.8 Å². The van der Waals surface area contributed by atoms with Crippen LogP contribution in [0.15, 0.2) is 36.7 Å². The molecule has 1 heterocycles. The van der Waals surface area contributed by atoms with Gasteiger partial charge in [0.25, 0.3) is 0 Å². The third-order valence-electron chi connectivity index (χ3n) is 2.74. The number of hydrogen-bond acceptors (Lipinski definition) is 4. The van der Waals surface area contributed by atoms with E-state index in [1.54, 1.807) is 18.0 Å². The summed E-state index contributed by atoms with van der Waals surface area (Å²) < 4.78 is 6.66. The van der Waals surface area contributed by atoms with Crippen LogP contribution >= 0.6 is 0 Å². The van der Waals surface area contributed by atoms with E-state index in [-0.39, 0.29) is 0 Å². The van der Waals surface area contributed by atoms with Crippen LogP contribution in [0, 0.1) is 11.3 Å². The molecule has 0 bridgehead atoms. The zero-order valence-electron chi connectivity index (χ0n) is 10.8. The molecule has 0 aliphatic heterocycles. The van der Waals surface area contributed by atoms with Gasteiger partial charge in [-0.05, 0) is 23.8 Å². The van der Waals surface area contributed by atoms with E-state index in [9.17, 15) is 5.26 Å². The van der Waals surface area contributed by atoms with Crippen LogP contribution in [0.3, 0.4) is 0 Å². The van der Waals surface area contributed by atoms with E-state index < -0.39 is 0 Å². The second-order valence-corrected chi connectivity index (χ2v) is 4.08. The molecule has 0 saturated carbocycles. The number of nitrogens with zero attached hydrogens (tertiary/aromatic N) is 3. The summed E-state index contributed by atoms with van der Waals surface area (Å²) in [5, 5.41) is 16.6. The lowest BCUT2D eigenvalue weighted by Gasteiger charge is -2.08. The normalized spacial score (nSPS) is 10.3. The van der Waals surface area contributed by atoms with Crippen molar-refractivity contribution in [3.63, 3.8) is 0 Å². The van der Waals surface area contributed by atoms with Crippen LogP contribution < -0.4 is 5.32 Å². The van der Waals surface area contributed by atoms with Crippen LogP contribution in [0.2, 0.25) is 0 Å². The third kappa shape index (κ3) is 3.41. The maximum atomic E-state index is 9.22. The monoisotopic (exact) mass is 256 g/mol. The molecule has 2 rings (SSSR count). The van der Waals surface area contributed by atoms with Gasteiger partial charge in [-0.2, -0.15) is 10.4 Å². The Morgan fingerprint density at radius 1 is 1.47 bits per heavy atom. The molecule has 5 heteroatoms. The highest BCUT2D eigenvalue weighted by Gasteiger charge is 2.05. The third-order valence-corrected chi connectivity index (χ3v) is 2.74. The van der Waals surface area contributed by atoms with Crippen LogP contribution in [-0.4, -0.2) is 30.0 Å². The Balaban J connectivity index is 2.11. The van der Waals surface area contributed by atoms with Gasteiger partial charge in [0.2, 0.25) is 0 Å². The number of benzene rings is 1. The van der Waals surface area contributed by atoms with Crippen LogP contribution in [0.25, 0.3) is 5.69 Å². The molecule has 0 spiro atoms. The molecule has 0 unspecified atom stereocenters. The van der Waals surface area contributed by atoms with Gasteiger partial charge in [-0.1, -0.05) is 6.07 Å². The number of nitriles is 1. The largest absolute Gasteiger partial charge is 0.383 e. The lowest BCUT2D eigenvalue weighted by Crippen LogP contribution is -2.18. The number of nitrogens with one attached hydrogen (secondary N) is 1. The summed E-state index contributed by atoms with van der Waals surface area (Å²) in [6.07, 6.45) is 3.52. The molecule has 0 saturated heterocycles. The van der Waals surface area contributed by atoms with Crippen molar-refractivity contribution in [2.24, 2.45) is 0 Å². The van der Waals surface area contributed by atoms with Gasteiger partial charge in [-0.25, -0.2) is 4.68 Å². The van der Waals surface area contributed by atoms with Gasteiger partial charge in [-0.3, -0.25) is 0 Å². The maximum absolute atomic E-state index is 9.22. The van der Waals surface area contributed by atoms with E-state index in [1.807, 2.05) is 30.5 Å². The zero-order chi connectivity index (χ0) is 13.5. The second kappa shape index (κ2) is 6.69. The highest BCUT2D eigenvalue weighted by Crippen LogP contribution is 2.15. The minimum atomic E-state index is 0.620. The SMILES string of the molecule is COCCNCc1ccc(-n2cccn2)c(C#N)c1. The standard InChI is InChI=1S/C14H16N4O/c1-19-8-6-16-11-12-3-4-14(13(9-12)10-15)18-7-2-5-17-18/h2-5,7,9,16H,6,8,11H2,1H3. The van der Waals surface area contributed by atoms with Crippen molar-refractivity contribution in [3.05, 3.63) is 47.8 Å². The first-order valence-corrected chi connectivity index (χ1v) is 6.08. The highest BCUT2D eigenvalue weighted by molar-refractivity contribution is 5.50. The molecule has 0 radical (unpaired) electrons. The van der Waals surface area contributed by atoms with E-state index >= 15 is 0 Å². The predicted molar refractivity (Wildman–Crippen MR) is 71.9 cm³/mol. The van der Waals surface area contributed by atoms with Gasteiger partial charge in [-0.15, -0.1) is 0 Å². The first kappa shape index (κ1) is 13.3. The van der Waals surface area contributed by atoms with E-state index in [1.165, 1.54) is 0 Å². The fourth-order valence-electron chi connectivity index (χ4n) is 1.80. The molecular weight excluding hydrogens is 240 g/mol. The van der Waals surface area contributed by atoms with Gasteiger partial charge < -0.3 is 10.1 Å². The van der Waals surface area contributed by atoms with Crippen molar-refractivity contribution in [1.82, 2.24) is 15.1 Å². The molecule has 5 nitrogen and oxygen atoms in total. The van der Waals surface area contributed by atoms with Crippen LogP contribution in [0.1, 0.15) is 11.1 Å². The lowest BCUT2D eigenvalue weighted by molar-refractivity contribution is 0.199. The Kier molecular flexibility index (Phi) is 4.67. The summed E-state index contributed by atoms with van der Waals surface area (Å²) in [5.74, 6) is 0. The van der Waals surface area contributed by atoms with Crippen molar-refractivity contribution < 1.29 is 4.74 Å². The molecule has 0 atom stereocenters. The molecule has 1 N–H and O–H groups in total. The average Bonchev–Trinajstić information content (AvgIpc) is 2.97.